The van der Waals surface area contributed by atoms with Gasteiger partial charge in [-0.2, -0.15) is 9.13 Å². The highest BCUT2D eigenvalue weighted by atomic mass is 35.5. The van der Waals surface area contributed by atoms with Crippen LogP contribution < -0.4 is 33.9 Å². The lowest BCUT2D eigenvalue weighted by Gasteiger charge is -2.02. The number of halogens is 4. The molecule has 0 aromatic carbocycles. The third-order valence-electron chi connectivity index (χ3n) is 6.00. The molecule has 0 saturated carbocycles. The summed E-state index contributed by atoms with van der Waals surface area (Å²) in [6, 6.07) is 0. The molecule has 0 unspecified atom stereocenters. The van der Waals surface area contributed by atoms with Crippen molar-refractivity contribution in [3.05, 3.63) is 32.2 Å². The average molecular weight is 563 g/mol. The Morgan fingerprint density at radius 1 is 0.594 bits per heavy atom. The maximum absolute atomic E-state index is 5.87. The number of thiazole rings is 2. The lowest BCUT2D eigenvalue weighted by atomic mass is 10.1. The van der Waals surface area contributed by atoms with E-state index in [-0.39, 0.29) is 24.8 Å². The Balaban J connectivity index is 0.00000480. The fraction of sp³-hybridized carbons (Fsp3) is 0.750. The summed E-state index contributed by atoms with van der Waals surface area (Å²) in [7, 11) is 0. The maximum atomic E-state index is 5.87. The Bertz CT molecular complexity index is 659. The number of aryl methyl sites for hydroxylation is 4. The zero-order chi connectivity index (χ0) is 21.6. The van der Waals surface area contributed by atoms with Crippen LogP contribution in [0, 0.1) is 13.8 Å². The molecule has 2 aromatic rings. The zero-order valence-electron chi connectivity index (χ0n) is 19.7. The lowest BCUT2D eigenvalue weighted by molar-refractivity contribution is -0.698. The van der Waals surface area contributed by atoms with Gasteiger partial charge in [-0.15, -0.1) is 23.2 Å². The van der Waals surface area contributed by atoms with E-state index in [1.807, 2.05) is 22.7 Å². The molecule has 0 aliphatic carbocycles. The van der Waals surface area contributed by atoms with Crippen molar-refractivity contribution in [3.63, 3.8) is 0 Å². The van der Waals surface area contributed by atoms with Gasteiger partial charge in [0.25, 0.3) is 0 Å². The van der Waals surface area contributed by atoms with Crippen LogP contribution in [0.15, 0.2) is 11.0 Å². The summed E-state index contributed by atoms with van der Waals surface area (Å²) in [6.07, 6.45) is 15.7. The van der Waals surface area contributed by atoms with E-state index in [1.165, 1.54) is 98.4 Å². The van der Waals surface area contributed by atoms with Crippen molar-refractivity contribution in [1.82, 2.24) is 0 Å². The second-order valence-electron chi connectivity index (χ2n) is 8.26. The third-order valence-corrected chi connectivity index (χ3v) is 8.67. The number of hydrogen-bond donors (Lipinski definition) is 0. The van der Waals surface area contributed by atoms with Gasteiger partial charge in [-0.1, -0.05) is 61.2 Å². The standard InChI is InChI=1S/C24H40Cl2N2S2.2ClH/c1-21-23(13-15-25)29-19-27(21)17-11-9-7-5-3-4-6-8-10-12-18-28-20-30-24(14-16-26)22(28)2;;/h19-20H,3-18H2,1-2H3;2*1H/q+2;;/p-2. The SMILES string of the molecule is Cc1c(CCCl)sc[n+]1CCCCCCCCCCCC[n+]1csc(CCCl)c1C.[Cl-].[Cl-]. The molecule has 0 atom stereocenters. The number of rotatable bonds is 17. The van der Waals surface area contributed by atoms with E-state index in [4.69, 9.17) is 23.2 Å². The molecule has 0 fully saturated rings. The number of aromatic nitrogens is 2. The van der Waals surface area contributed by atoms with Gasteiger partial charge in [0, 0.05) is 51.3 Å². The van der Waals surface area contributed by atoms with Gasteiger partial charge in [-0.3, -0.25) is 0 Å². The molecule has 0 amide bonds. The van der Waals surface area contributed by atoms with Crippen LogP contribution in [0.3, 0.4) is 0 Å². The molecule has 32 heavy (non-hydrogen) atoms. The predicted octanol–water partition coefficient (Wildman–Crippen LogP) is 1.17. The monoisotopic (exact) mass is 560 g/mol. The van der Waals surface area contributed by atoms with Gasteiger partial charge in [0.15, 0.2) is 11.4 Å². The number of hydrogen-bond acceptors (Lipinski definition) is 2. The highest BCUT2D eigenvalue weighted by molar-refractivity contribution is 7.09. The van der Waals surface area contributed by atoms with E-state index in [2.05, 4.69) is 34.0 Å². The van der Waals surface area contributed by atoms with Crippen LogP contribution >= 0.6 is 45.9 Å². The molecular formula is C24H40Cl4N2S2. The summed E-state index contributed by atoms with van der Waals surface area (Å²) < 4.78 is 4.84. The Labute approximate surface area is 226 Å². The molecule has 0 bridgehead atoms. The first-order valence-corrected chi connectivity index (χ1v) is 14.5. The summed E-state index contributed by atoms with van der Waals surface area (Å²) >= 11 is 15.5. The van der Waals surface area contributed by atoms with Crippen LogP contribution in [-0.4, -0.2) is 11.8 Å². The fourth-order valence-electron chi connectivity index (χ4n) is 3.97. The normalized spacial score (nSPS) is 10.8. The zero-order valence-corrected chi connectivity index (χ0v) is 24.3. The Kier molecular flexibility index (Phi) is 20.0. The molecule has 0 saturated heterocycles. The summed E-state index contributed by atoms with van der Waals surface area (Å²) in [4.78, 5) is 2.90. The van der Waals surface area contributed by atoms with Gasteiger partial charge in [0.05, 0.1) is 9.75 Å². The van der Waals surface area contributed by atoms with Crippen molar-refractivity contribution in [1.29, 1.82) is 0 Å². The average Bonchev–Trinajstić information content (AvgIpc) is 3.26. The molecule has 2 aromatic heterocycles. The van der Waals surface area contributed by atoms with Crippen molar-refractivity contribution >= 4 is 45.9 Å². The summed E-state index contributed by atoms with van der Waals surface area (Å²) in [5.41, 5.74) is 7.38. The molecule has 8 heteroatoms. The summed E-state index contributed by atoms with van der Waals surface area (Å²) in [6.45, 7) is 6.80. The van der Waals surface area contributed by atoms with Gasteiger partial charge in [0.1, 0.15) is 13.1 Å². The molecule has 186 valence electrons. The van der Waals surface area contributed by atoms with Gasteiger partial charge >= 0.3 is 0 Å². The summed E-state index contributed by atoms with van der Waals surface area (Å²) in [5.74, 6) is 1.45. The Hall–Kier alpha value is 0.420. The summed E-state index contributed by atoms with van der Waals surface area (Å²) in [5, 5.41) is 0. The molecule has 2 rings (SSSR count). The van der Waals surface area contributed by atoms with Gasteiger partial charge in [-0.25, -0.2) is 0 Å². The smallest absolute Gasteiger partial charge is 0.225 e. The Morgan fingerprint density at radius 3 is 1.22 bits per heavy atom. The number of unbranched alkanes of at least 4 members (excludes halogenated alkanes) is 9. The van der Waals surface area contributed by atoms with E-state index in [0.717, 1.165) is 24.6 Å². The van der Waals surface area contributed by atoms with Crippen molar-refractivity contribution < 1.29 is 33.9 Å². The minimum Gasteiger partial charge on any atom is -1.00 e. The first kappa shape index (κ1) is 32.4. The third kappa shape index (κ3) is 11.7. The Morgan fingerprint density at radius 2 is 0.906 bits per heavy atom. The molecule has 0 radical (unpaired) electrons. The van der Waals surface area contributed by atoms with Crippen LogP contribution in [0.2, 0.25) is 0 Å². The van der Waals surface area contributed by atoms with Gasteiger partial charge < -0.3 is 24.8 Å². The molecule has 2 heterocycles. The first-order valence-electron chi connectivity index (χ1n) is 11.7. The topological polar surface area (TPSA) is 7.76 Å². The predicted molar refractivity (Wildman–Crippen MR) is 134 cm³/mol. The minimum atomic E-state index is 0. The van der Waals surface area contributed by atoms with Crippen molar-refractivity contribution in [2.24, 2.45) is 0 Å². The molecule has 0 spiro atoms. The van der Waals surface area contributed by atoms with Crippen molar-refractivity contribution in [2.75, 3.05) is 11.8 Å². The van der Waals surface area contributed by atoms with Crippen LogP contribution in [0.1, 0.15) is 85.4 Å². The molecule has 2 nitrogen and oxygen atoms in total. The van der Waals surface area contributed by atoms with Crippen LogP contribution in [-0.2, 0) is 25.9 Å². The van der Waals surface area contributed by atoms with Crippen LogP contribution in [0.4, 0.5) is 0 Å². The van der Waals surface area contributed by atoms with Gasteiger partial charge in [-0.05, 0) is 12.8 Å². The van der Waals surface area contributed by atoms with E-state index in [9.17, 15) is 0 Å². The van der Waals surface area contributed by atoms with E-state index in [1.54, 1.807) is 0 Å². The quantitative estimate of drug-likeness (QED) is 0.156. The van der Waals surface area contributed by atoms with Crippen LogP contribution in [0.5, 0.6) is 0 Å². The largest absolute Gasteiger partial charge is 1.00 e. The number of alkyl halides is 2. The molecule has 0 N–H and O–H groups in total. The fourth-order valence-corrected chi connectivity index (χ4v) is 6.63. The second kappa shape index (κ2) is 19.7. The second-order valence-corrected chi connectivity index (χ2v) is 10.9. The van der Waals surface area contributed by atoms with E-state index in [0.29, 0.717) is 0 Å². The minimum absolute atomic E-state index is 0. The lowest BCUT2D eigenvalue weighted by Crippen LogP contribution is -3.00. The number of nitrogens with zero attached hydrogens (tertiary/aromatic N) is 2. The van der Waals surface area contributed by atoms with Crippen molar-refractivity contribution in [3.8, 4) is 0 Å². The van der Waals surface area contributed by atoms with E-state index < -0.39 is 0 Å². The molecule has 0 aliphatic heterocycles. The highest BCUT2D eigenvalue weighted by Gasteiger charge is 2.14. The van der Waals surface area contributed by atoms with Crippen LogP contribution in [0.25, 0.3) is 0 Å². The van der Waals surface area contributed by atoms with E-state index >= 15 is 0 Å². The molecular weight excluding hydrogens is 522 g/mol. The first-order chi connectivity index (χ1) is 14.7. The molecule has 0 aliphatic rings. The highest BCUT2D eigenvalue weighted by Crippen LogP contribution is 2.15. The van der Waals surface area contributed by atoms with Crippen molar-refractivity contribution in [2.45, 2.75) is 104 Å². The van der Waals surface area contributed by atoms with Gasteiger partial charge in [0.2, 0.25) is 11.0 Å². The maximum Gasteiger partial charge on any atom is 0.225 e.